The Hall–Kier alpha value is -2.00. The minimum absolute atomic E-state index is 0.0354. The first-order valence-electron chi connectivity index (χ1n) is 3.64. The van der Waals surface area contributed by atoms with Crippen LogP contribution in [0.25, 0.3) is 0 Å². The van der Waals surface area contributed by atoms with Gasteiger partial charge < -0.3 is 4.74 Å². The maximum absolute atomic E-state index is 12.7. The van der Waals surface area contributed by atoms with Gasteiger partial charge in [0.25, 0.3) is 0 Å². The Morgan fingerprint density at radius 1 is 1.57 bits per heavy atom. The molecule has 0 N–H and O–H groups in total. The maximum atomic E-state index is 12.7. The fourth-order valence-electron chi connectivity index (χ4n) is 0.928. The fraction of sp³-hybridized carbons (Fsp3) is 0.111. The summed E-state index contributed by atoms with van der Waals surface area (Å²) in [6.07, 6.45) is 1.27. The van der Waals surface area contributed by atoms with Gasteiger partial charge in [0, 0.05) is 0 Å². The number of benzene rings is 1. The van der Waals surface area contributed by atoms with Gasteiger partial charge in [0.15, 0.2) is 0 Å². The van der Waals surface area contributed by atoms with E-state index in [1.54, 1.807) is 0 Å². The predicted molar refractivity (Wildman–Crippen MR) is 45.5 cm³/mol. The van der Waals surface area contributed by atoms with E-state index in [0.29, 0.717) is 0 Å². The number of hydrogen-bond acceptors (Lipinski definition) is 4. The molecule has 0 saturated carbocycles. The SMILES string of the molecule is COC(=O)c1cc(F)ccc1N=C=O. The third-order valence-corrected chi connectivity index (χ3v) is 1.53. The van der Waals surface area contributed by atoms with Crippen molar-refractivity contribution in [2.75, 3.05) is 7.11 Å². The number of carbonyl (C=O) groups is 1. The van der Waals surface area contributed by atoms with E-state index in [9.17, 15) is 14.0 Å². The smallest absolute Gasteiger partial charge is 0.340 e. The number of ether oxygens (including phenoxy) is 1. The Balaban J connectivity index is 3.28. The molecule has 0 saturated heterocycles. The van der Waals surface area contributed by atoms with Gasteiger partial charge in [-0.05, 0) is 18.2 Å². The second-order valence-electron chi connectivity index (χ2n) is 2.36. The Labute approximate surface area is 79.0 Å². The molecule has 0 aliphatic rings. The molecular weight excluding hydrogens is 189 g/mol. The molecule has 72 valence electrons. The summed E-state index contributed by atoms with van der Waals surface area (Å²) in [5.41, 5.74) is -0.0656. The number of aliphatic imine (C=N–C) groups is 1. The van der Waals surface area contributed by atoms with Crippen LogP contribution in [0.2, 0.25) is 0 Å². The van der Waals surface area contributed by atoms with E-state index in [0.717, 1.165) is 19.2 Å². The van der Waals surface area contributed by atoms with Gasteiger partial charge in [-0.1, -0.05) is 0 Å². The third-order valence-electron chi connectivity index (χ3n) is 1.53. The van der Waals surface area contributed by atoms with Gasteiger partial charge in [0.05, 0.1) is 18.4 Å². The van der Waals surface area contributed by atoms with Gasteiger partial charge in [0.2, 0.25) is 6.08 Å². The topological polar surface area (TPSA) is 55.7 Å². The van der Waals surface area contributed by atoms with Crippen LogP contribution in [0.5, 0.6) is 0 Å². The summed E-state index contributed by atoms with van der Waals surface area (Å²) < 4.78 is 17.1. The van der Waals surface area contributed by atoms with Crippen molar-refractivity contribution in [1.29, 1.82) is 0 Å². The van der Waals surface area contributed by atoms with E-state index in [1.165, 1.54) is 12.1 Å². The average Bonchev–Trinajstić information content (AvgIpc) is 2.20. The summed E-state index contributed by atoms with van der Waals surface area (Å²) in [4.78, 5) is 24.3. The normalized spacial score (nSPS) is 9.00. The van der Waals surface area contributed by atoms with Gasteiger partial charge in [0.1, 0.15) is 5.82 Å². The standard InChI is InChI=1S/C9H6FNO3/c1-14-9(13)7-4-6(10)2-3-8(7)11-5-12/h2-4H,1H3. The van der Waals surface area contributed by atoms with Gasteiger partial charge in [-0.3, -0.25) is 0 Å². The summed E-state index contributed by atoms with van der Waals surface area (Å²) in [6.45, 7) is 0. The van der Waals surface area contributed by atoms with Crippen molar-refractivity contribution in [3.05, 3.63) is 29.6 Å². The number of rotatable bonds is 2. The summed E-state index contributed by atoms with van der Waals surface area (Å²) >= 11 is 0. The molecule has 0 atom stereocenters. The Morgan fingerprint density at radius 2 is 2.29 bits per heavy atom. The molecule has 0 aliphatic heterocycles. The van der Waals surface area contributed by atoms with Crippen LogP contribution in [-0.4, -0.2) is 19.2 Å². The monoisotopic (exact) mass is 195 g/mol. The van der Waals surface area contributed by atoms with Gasteiger partial charge >= 0.3 is 5.97 Å². The van der Waals surface area contributed by atoms with Crippen LogP contribution < -0.4 is 0 Å². The van der Waals surface area contributed by atoms with E-state index in [4.69, 9.17) is 0 Å². The molecule has 0 aromatic heterocycles. The number of hydrogen-bond donors (Lipinski definition) is 0. The van der Waals surface area contributed by atoms with Gasteiger partial charge in [-0.15, -0.1) is 0 Å². The fourth-order valence-corrected chi connectivity index (χ4v) is 0.928. The lowest BCUT2D eigenvalue weighted by Crippen LogP contribution is -2.01. The Bertz CT molecular complexity index is 411. The van der Waals surface area contributed by atoms with E-state index < -0.39 is 11.8 Å². The highest BCUT2D eigenvalue weighted by atomic mass is 19.1. The molecule has 5 heteroatoms. The van der Waals surface area contributed by atoms with Crippen molar-refractivity contribution >= 4 is 17.7 Å². The number of esters is 1. The molecule has 0 bridgehead atoms. The van der Waals surface area contributed by atoms with Crippen LogP contribution >= 0.6 is 0 Å². The van der Waals surface area contributed by atoms with Gasteiger partial charge in [-0.2, -0.15) is 4.99 Å². The lowest BCUT2D eigenvalue weighted by Gasteiger charge is -2.01. The van der Waals surface area contributed by atoms with E-state index in [-0.39, 0.29) is 11.3 Å². The molecule has 4 nitrogen and oxygen atoms in total. The van der Waals surface area contributed by atoms with E-state index in [1.807, 2.05) is 0 Å². The molecule has 0 spiro atoms. The third kappa shape index (κ3) is 2.02. The van der Waals surface area contributed by atoms with Crippen molar-refractivity contribution in [3.63, 3.8) is 0 Å². The maximum Gasteiger partial charge on any atom is 0.340 e. The summed E-state index contributed by atoms with van der Waals surface area (Å²) in [7, 11) is 1.15. The number of methoxy groups -OCH3 is 1. The van der Waals surface area contributed by atoms with Crippen molar-refractivity contribution in [1.82, 2.24) is 0 Å². The molecule has 0 aliphatic carbocycles. The largest absolute Gasteiger partial charge is 0.465 e. The molecule has 1 aromatic carbocycles. The molecule has 1 rings (SSSR count). The van der Waals surface area contributed by atoms with Crippen LogP contribution in [0.15, 0.2) is 23.2 Å². The van der Waals surface area contributed by atoms with Crippen LogP contribution in [0.1, 0.15) is 10.4 Å². The second-order valence-corrected chi connectivity index (χ2v) is 2.36. The first-order valence-corrected chi connectivity index (χ1v) is 3.64. The van der Waals surface area contributed by atoms with Crippen LogP contribution in [0.3, 0.4) is 0 Å². The molecule has 1 aromatic rings. The minimum Gasteiger partial charge on any atom is -0.465 e. The van der Waals surface area contributed by atoms with Crippen molar-refractivity contribution in [3.8, 4) is 0 Å². The van der Waals surface area contributed by atoms with E-state index in [2.05, 4.69) is 9.73 Å². The highest BCUT2D eigenvalue weighted by molar-refractivity contribution is 5.95. The van der Waals surface area contributed by atoms with Crippen molar-refractivity contribution in [2.24, 2.45) is 4.99 Å². The highest BCUT2D eigenvalue weighted by Gasteiger charge is 2.12. The quantitative estimate of drug-likeness (QED) is 0.409. The molecule has 0 unspecified atom stereocenters. The molecule has 14 heavy (non-hydrogen) atoms. The zero-order valence-corrected chi connectivity index (χ0v) is 7.28. The Morgan fingerprint density at radius 3 is 2.86 bits per heavy atom. The first-order chi connectivity index (χ1) is 6.69. The lowest BCUT2D eigenvalue weighted by atomic mass is 10.2. The highest BCUT2D eigenvalue weighted by Crippen LogP contribution is 2.20. The van der Waals surface area contributed by atoms with Crippen molar-refractivity contribution in [2.45, 2.75) is 0 Å². The summed E-state index contributed by atoms with van der Waals surface area (Å²) in [5, 5.41) is 0. The molecule has 0 heterocycles. The predicted octanol–water partition coefficient (Wildman–Crippen LogP) is 1.58. The lowest BCUT2D eigenvalue weighted by molar-refractivity contribution is 0.0601. The van der Waals surface area contributed by atoms with Gasteiger partial charge in [-0.25, -0.2) is 14.0 Å². The molecule has 0 fully saturated rings. The summed E-state index contributed by atoms with van der Waals surface area (Å²) in [6, 6.07) is 3.23. The van der Waals surface area contributed by atoms with Crippen LogP contribution in [0.4, 0.5) is 10.1 Å². The summed E-state index contributed by atoms with van der Waals surface area (Å²) in [5.74, 6) is -1.35. The number of nitrogens with zero attached hydrogens (tertiary/aromatic N) is 1. The Kier molecular flexibility index (Phi) is 3.09. The van der Waals surface area contributed by atoms with Crippen LogP contribution in [0, 0.1) is 5.82 Å². The number of isocyanates is 1. The molecule has 0 radical (unpaired) electrons. The van der Waals surface area contributed by atoms with E-state index >= 15 is 0 Å². The van der Waals surface area contributed by atoms with Crippen molar-refractivity contribution < 1.29 is 18.7 Å². The molecule has 0 amide bonds. The zero-order valence-electron chi connectivity index (χ0n) is 7.28. The minimum atomic E-state index is -0.751. The first kappa shape index (κ1) is 10.1. The number of halogens is 1. The number of carbonyl (C=O) groups excluding carboxylic acids is 2. The zero-order chi connectivity index (χ0) is 10.6. The average molecular weight is 195 g/mol. The molecular formula is C9H6FNO3. The second kappa shape index (κ2) is 4.30. The van der Waals surface area contributed by atoms with Crippen LogP contribution in [-0.2, 0) is 9.53 Å².